The van der Waals surface area contributed by atoms with Crippen molar-refractivity contribution >= 4 is 5.91 Å². The van der Waals surface area contributed by atoms with Crippen molar-refractivity contribution in [3.8, 4) is 17.0 Å². The number of methoxy groups -OCH3 is 1. The number of carbonyl (C=O) groups is 1. The molecule has 3 rings (SSSR count). The molecule has 0 aliphatic carbocycles. The number of amides is 1. The molecular weight excluding hydrogens is 278 g/mol. The highest BCUT2D eigenvalue weighted by Crippen LogP contribution is 2.28. The van der Waals surface area contributed by atoms with Gasteiger partial charge in [-0.05, 0) is 37.6 Å². The first-order valence-electron chi connectivity index (χ1n) is 7.69. The van der Waals surface area contributed by atoms with Gasteiger partial charge in [-0.3, -0.25) is 4.79 Å². The highest BCUT2D eigenvalue weighted by atomic mass is 16.5. The fourth-order valence-electron chi connectivity index (χ4n) is 2.96. The molecule has 1 amide bonds. The van der Waals surface area contributed by atoms with Gasteiger partial charge in [-0.2, -0.15) is 0 Å². The molecule has 1 aliphatic rings. The maximum absolute atomic E-state index is 12.1. The Morgan fingerprint density at radius 2 is 2.18 bits per heavy atom. The van der Waals surface area contributed by atoms with Crippen molar-refractivity contribution in [3.63, 3.8) is 0 Å². The zero-order valence-corrected chi connectivity index (χ0v) is 13.0. The number of hydrogen-bond donors (Lipinski definition) is 1. The van der Waals surface area contributed by atoms with Crippen molar-refractivity contribution in [2.45, 2.75) is 26.3 Å². The largest absolute Gasteiger partial charge is 0.497 e. The molecule has 1 aromatic carbocycles. The Kier molecular flexibility index (Phi) is 4.13. The lowest BCUT2D eigenvalue weighted by Crippen LogP contribution is -2.36. The van der Waals surface area contributed by atoms with Crippen LogP contribution >= 0.6 is 0 Å². The molecule has 1 atom stereocenters. The Labute approximate surface area is 130 Å². The van der Waals surface area contributed by atoms with Crippen LogP contribution in [0.1, 0.15) is 19.2 Å². The van der Waals surface area contributed by atoms with E-state index in [4.69, 9.17) is 4.74 Å². The third kappa shape index (κ3) is 2.71. The van der Waals surface area contributed by atoms with E-state index in [0.717, 1.165) is 35.7 Å². The standard InChI is InChI=1S/C17H21N3O2/c1-3-18-17(21)13-6-9-16-19-10-15(20(16)11-13)12-4-7-14(22-2)8-5-12/h4-5,7-8,10,13H,3,6,9,11H2,1-2H3,(H,18,21). The van der Waals surface area contributed by atoms with Crippen LogP contribution < -0.4 is 10.1 Å². The van der Waals surface area contributed by atoms with Crippen LogP contribution in [0.4, 0.5) is 0 Å². The maximum atomic E-state index is 12.1. The highest BCUT2D eigenvalue weighted by Gasteiger charge is 2.26. The van der Waals surface area contributed by atoms with Crippen molar-refractivity contribution in [2.24, 2.45) is 5.92 Å². The van der Waals surface area contributed by atoms with Gasteiger partial charge in [-0.25, -0.2) is 4.98 Å². The molecule has 0 saturated carbocycles. The van der Waals surface area contributed by atoms with Gasteiger partial charge in [-0.15, -0.1) is 0 Å². The molecule has 1 aliphatic heterocycles. The van der Waals surface area contributed by atoms with Gasteiger partial charge in [-0.1, -0.05) is 0 Å². The SMILES string of the molecule is CCNC(=O)C1CCc2ncc(-c3ccc(OC)cc3)n2C1. The summed E-state index contributed by atoms with van der Waals surface area (Å²) in [6.07, 6.45) is 3.61. The monoisotopic (exact) mass is 299 g/mol. The van der Waals surface area contributed by atoms with Gasteiger partial charge in [0.2, 0.25) is 5.91 Å². The number of fused-ring (bicyclic) bond motifs is 1. The second-order valence-electron chi connectivity index (χ2n) is 5.53. The first-order valence-corrected chi connectivity index (χ1v) is 7.69. The van der Waals surface area contributed by atoms with E-state index in [9.17, 15) is 4.79 Å². The third-order valence-corrected chi connectivity index (χ3v) is 4.17. The lowest BCUT2D eigenvalue weighted by atomic mass is 9.98. The van der Waals surface area contributed by atoms with E-state index in [2.05, 4.69) is 14.9 Å². The van der Waals surface area contributed by atoms with E-state index >= 15 is 0 Å². The van der Waals surface area contributed by atoms with E-state index in [1.54, 1.807) is 7.11 Å². The van der Waals surface area contributed by atoms with Crippen molar-refractivity contribution in [3.05, 3.63) is 36.3 Å². The molecule has 2 aromatic rings. The van der Waals surface area contributed by atoms with Crippen LogP contribution in [0.25, 0.3) is 11.3 Å². The van der Waals surface area contributed by atoms with Crippen molar-refractivity contribution in [2.75, 3.05) is 13.7 Å². The molecule has 0 fully saturated rings. The van der Waals surface area contributed by atoms with Gasteiger partial charge < -0.3 is 14.6 Å². The molecule has 0 radical (unpaired) electrons. The van der Waals surface area contributed by atoms with Gasteiger partial charge in [0, 0.05) is 25.1 Å². The highest BCUT2D eigenvalue weighted by molar-refractivity contribution is 5.78. The molecule has 2 heterocycles. The minimum absolute atomic E-state index is 0.0265. The lowest BCUT2D eigenvalue weighted by molar-refractivity contribution is -0.125. The summed E-state index contributed by atoms with van der Waals surface area (Å²) >= 11 is 0. The molecule has 22 heavy (non-hydrogen) atoms. The Morgan fingerprint density at radius 3 is 2.86 bits per heavy atom. The summed E-state index contributed by atoms with van der Waals surface area (Å²) in [5.41, 5.74) is 2.16. The van der Waals surface area contributed by atoms with Gasteiger partial charge in [0.05, 0.1) is 24.9 Å². The number of hydrogen-bond acceptors (Lipinski definition) is 3. The van der Waals surface area contributed by atoms with Gasteiger partial charge in [0.1, 0.15) is 11.6 Å². The van der Waals surface area contributed by atoms with Crippen molar-refractivity contribution in [1.29, 1.82) is 0 Å². The second kappa shape index (κ2) is 6.22. The Balaban J connectivity index is 1.87. The number of nitrogens with zero attached hydrogens (tertiary/aromatic N) is 2. The normalized spacial score (nSPS) is 16.9. The number of aryl methyl sites for hydroxylation is 1. The van der Waals surface area contributed by atoms with E-state index in [1.165, 1.54) is 0 Å². The predicted octanol–water partition coefficient (Wildman–Crippen LogP) is 2.26. The molecule has 5 nitrogen and oxygen atoms in total. The fraction of sp³-hybridized carbons (Fsp3) is 0.412. The molecule has 1 aromatic heterocycles. The van der Waals surface area contributed by atoms with Crippen LogP contribution in [0.5, 0.6) is 5.75 Å². The summed E-state index contributed by atoms with van der Waals surface area (Å²) < 4.78 is 7.37. The van der Waals surface area contributed by atoms with Gasteiger partial charge in [0.25, 0.3) is 0 Å². The predicted molar refractivity (Wildman–Crippen MR) is 84.7 cm³/mol. The molecular formula is C17H21N3O2. The van der Waals surface area contributed by atoms with Gasteiger partial charge >= 0.3 is 0 Å². The minimum Gasteiger partial charge on any atom is -0.497 e. The molecule has 1 N–H and O–H groups in total. The van der Waals surface area contributed by atoms with Crippen LogP contribution in [0.2, 0.25) is 0 Å². The van der Waals surface area contributed by atoms with E-state index < -0.39 is 0 Å². The number of imidazole rings is 1. The second-order valence-corrected chi connectivity index (χ2v) is 5.53. The van der Waals surface area contributed by atoms with Crippen molar-refractivity contribution < 1.29 is 9.53 Å². The quantitative estimate of drug-likeness (QED) is 0.942. The molecule has 1 unspecified atom stereocenters. The van der Waals surface area contributed by atoms with Crippen LogP contribution in [0.15, 0.2) is 30.5 Å². The molecule has 0 spiro atoms. The number of nitrogens with one attached hydrogen (secondary N) is 1. The summed E-state index contributed by atoms with van der Waals surface area (Å²) in [6.45, 7) is 3.33. The summed E-state index contributed by atoms with van der Waals surface area (Å²) in [5.74, 6) is 2.06. The average molecular weight is 299 g/mol. The smallest absolute Gasteiger partial charge is 0.224 e. The number of aromatic nitrogens is 2. The molecule has 5 heteroatoms. The third-order valence-electron chi connectivity index (χ3n) is 4.17. The van der Waals surface area contributed by atoms with Crippen LogP contribution in [-0.4, -0.2) is 29.1 Å². The number of carbonyl (C=O) groups excluding carboxylic acids is 1. The number of benzene rings is 1. The summed E-state index contributed by atoms with van der Waals surface area (Å²) in [4.78, 5) is 16.6. The lowest BCUT2D eigenvalue weighted by Gasteiger charge is -2.24. The van der Waals surface area contributed by atoms with Crippen molar-refractivity contribution in [1.82, 2.24) is 14.9 Å². The van der Waals surface area contributed by atoms with Crippen LogP contribution in [-0.2, 0) is 17.8 Å². The summed E-state index contributed by atoms with van der Waals surface area (Å²) in [6, 6.07) is 7.94. The average Bonchev–Trinajstić information content (AvgIpc) is 2.98. The van der Waals surface area contributed by atoms with Crippen LogP contribution in [0, 0.1) is 5.92 Å². The molecule has 0 bridgehead atoms. The van der Waals surface area contributed by atoms with E-state index in [0.29, 0.717) is 13.1 Å². The summed E-state index contributed by atoms with van der Waals surface area (Å²) in [7, 11) is 1.66. The molecule has 0 saturated heterocycles. The first kappa shape index (κ1) is 14.6. The first-order chi connectivity index (χ1) is 10.7. The Hall–Kier alpha value is -2.30. The van der Waals surface area contributed by atoms with E-state index in [1.807, 2.05) is 37.4 Å². The fourth-order valence-corrected chi connectivity index (χ4v) is 2.96. The number of rotatable bonds is 4. The van der Waals surface area contributed by atoms with Crippen LogP contribution in [0.3, 0.4) is 0 Å². The topological polar surface area (TPSA) is 56.1 Å². The maximum Gasteiger partial charge on any atom is 0.224 e. The Bertz CT molecular complexity index is 661. The molecule has 116 valence electrons. The summed E-state index contributed by atoms with van der Waals surface area (Å²) in [5, 5.41) is 2.92. The van der Waals surface area contributed by atoms with E-state index in [-0.39, 0.29) is 11.8 Å². The zero-order chi connectivity index (χ0) is 15.5. The number of ether oxygens (including phenoxy) is 1. The zero-order valence-electron chi connectivity index (χ0n) is 13.0. The van der Waals surface area contributed by atoms with Gasteiger partial charge in [0.15, 0.2) is 0 Å². The minimum atomic E-state index is 0.0265. The Morgan fingerprint density at radius 1 is 1.41 bits per heavy atom.